The molecule has 0 heterocycles. The van der Waals surface area contributed by atoms with Crippen LogP contribution in [0.4, 0.5) is 5.69 Å². The van der Waals surface area contributed by atoms with Crippen molar-refractivity contribution in [3.05, 3.63) is 29.3 Å². The maximum atomic E-state index is 11.6. The molecular formula is C14H13N3O3. The molecule has 0 atom stereocenters. The lowest BCUT2D eigenvalue weighted by atomic mass is 10.1. The quantitative estimate of drug-likeness (QED) is 0.768. The number of carboxylic acids is 1. The molecular weight excluding hydrogens is 258 g/mol. The molecule has 102 valence electrons. The van der Waals surface area contributed by atoms with Gasteiger partial charge in [-0.25, -0.2) is 0 Å². The molecule has 1 rings (SSSR count). The number of unbranched alkanes of at least 4 members (excludes halogenated alkanes) is 1. The molecule has 0 fully saturated rings. The van der Waals surface area contributed by atoms with Crippen LogP contribution in [0, 0.1) is 22.7 Å². The van der Waals surface area contributed by atoms with Crippen molar-refractivity contribution in [2.24, 2.45) is 0 Å². The molecule has 2 N–H and O–H groups in total. The summed E-state index contributed by atoms with van der Waals surface area (Å²) >= 11 is 0. The maximum absolute atomic E-state index is 11.6. The van der Waals surface area contributed by atoms with Gasteiger partial charge in [0.2, 0.25) is 5.91 Å². The smallest absolute Gasteiger partial charge is 0.303 e. The zero-order valence-corrected chi connectivity index (χ0v) is 10.7. The van der Waals surface area contributed by atoms with E-state index in [-0.39, 0.29) is 29.9 Å². The van der Waals surface area contributed by atoms with E-state index in [2.05, 4.69) is 5.32 Å². The summed E-state index contributed by atoms with van der Waals surface area (Å²) in [5, 5.41) is 28.7. The first-order valence-electron chi connectivity index (χ1n) is 6.02. The minimum Gasteiger partial charge on any atom is -0.481 e. The van der Waals surface area contributed by atoms with Crippen molar-refractivity contribution in [1.29, 1.82) is 10.5 Å². The second kappa shape index (κ2) is 7.55. The average Bonchev–Trinajstić information content (AvgIpc) is 2.43. The summed E-state index contributed by atoms with van der Waals surface area (Å²) in [4.78, 5) is 21.9. The Morgan fingerprint density at radius 2 is 1.75 bits per heavy atom. The van der Waals surface area contributed by atoms with E-state index in [1.807, 2.05) is 12.1 Å². The second-order valence-electron chi connectivity index (χ2n) is 4.13. The van der Waals surface area contributed by atoms with Gasteiger partial charge < -0.3 is 10.4 Å². The summed E-state index contributed by atoms with van der Waals surface area (Å²) in [5.41, 5.74) is 0.909. The molecule has 0 saturated heterocycles. The van der Waals surface area contributed by atoms with Gasteiger partial charge >= 0.3 is 5.97 Å². The molecule has 0 aliphatic heterocycles. The van der Waals surface area contributed by atoms with Crippen LogP contribution in [0.2, 0.25) is 0 Å². The highest BCUT2D eigenvalue weighted by molar-refractivity contribution is 5.91. The van der Waals surface area contributed by atoms with E-state index in [9.17, 15) is 9.59 Å². The summed E-state index contributed by atoms with van der Waals surface area (Å²) in [6, 6.07) is 8.23. The predicted molar refractivity (Wildman–Crippen MR) is 70.6 cm³/mol. The number of amides is 1. The van der Waals surface area contributed by atoms with Gasteiger partial charge in [0.05, 0.1) is 11.1 Å². The molecule has 1 aromatic carbocycles. The van der Waals surface area contributed by atoms with E-state index in [1.54, 1.807) is 6.07 Å². The number of nitriles is 2. The van der Waals surface area contributed by atoms with Gasteiger partial charge in [-0.3, -0.25) is 9.59 Å². The van der Waals surface area contributed by atoms with Crippen LogP contribution in [-0.4, -0.2) is 17.0 Å². The Bertz CT molecular complexity index is 597. The van der Waals surface area contributed by atoms with Crippen molar-refractivity contribution in [1.82, 2.24) is 0 Å². The zero-order valence-electron chi connectivity index (χ0n) is 10.7. The summed E-state index contributed by atoms with van der Waals surface area (Å²) < 4.78 is 0. The Morgan fingerprint density at radius 3 is 2.35 bits per heavy atom. The summed E-state index contributed by atoms with van der Waals surface area (Å²) in [5.74, 6) is -1.12. The fourth-order valence-electron chi connectivity index (χ4n) is 1.60. The van der Waals surface area contributed by atoms with Gasteiger partial charge in [0.1, 0.15) is 12.1 Å². The normalized spacial score (nSPS) is 9.30. The number of nitrogens with zero attached hydrogens (tertiary/aromatic N) is 2. The molecule has 1 aromatic rings. The number of aliphatic carboxylic acids is 1. The zero-order chi connectivity index (χ0) is 15.0. The number of hydrogen-bond donors (Lipinski definition) is 2. The van der Waals surface area contributed by atoms with Crippen LogP contribution < -0.4 is 5.32 Å². The SMILES string of the molecule is N#Cc1ccc(NC(=O)CCCCC(=O)O)cc1C#N. The van der Waals surface area contributed by atoms with Gasteiger partial charge in [-0.15, -0.1) is 0 Å². The first-order chi connectivity index (χ1) is 9.56. The third-order valence-electron chi connectivity index (χ3n) is 2.59. The predicted octanol–water partition coefficient (Wildman–Crippen LogP) is 2.01. The maximum Gasteiger partial charge on any atom is 0.303 e. The van der Waals surface area contributed by atoms with E-state index >= 15 is 0 Å². The van der Waals surface area contributed by atoms with Crippen LogP contribution in [0.1, 0.15) is 36.8 Å². The molecule has 0 saturated carbocycles. The highest BCUT2D eigenvalue weighted by Gasteiger charge is 2.06. The first kappa shape index (κ1) is 15.2. The van der Waals surface area contributed by atoms with Crippen molar-refractivity contribution in [2.45, 2.75) is 25.7 Å². The van der Waals surface area contributed by atoms with E-state index < -0.39 is 5.97 Å². The minimum atomic E-state index is -0.879. The number of nitrogens with one attached hydrogen (secondary N) is 1. The van der Waals surface area contributed by atoms with Crippen LogP contribution in [-0.2, 0) is 9.59 Å². The summed E-state index contributed by atoms with van der Waals surface area (Å²) in [7, 11) is 0. The monoisotopic (exact) mass is 271 g/mol. The molecule has 0 spiro atoms. The van der Waals surface area contributed by atoms with E-state index in [4.69, 9.17) is 15.6 Å². The van der Waals surface area contributed by atoms with Crippen molar-refractivity contribution in [3.63, 3.8) is 0 Å². The molecule has 0 aliphatic rings. The molecule has 0 radical (unpaired) electrons. The third-order valence-corrected chi connectivity index (χ3v) is 2.59. The molecule has 20 heavy (non-hydrogen) atoms. The molecule has 0 bridgehead atoms. The topological polar surface area (TPSA) is 114 Å². The standard InChI is InChI=1S/C14H13N3O3/c15-8-10-5-6-12(7-11(10)9-16)17-13(18)3-1-2-4-14(19)20/h5-7H,1-4H2,(H,17,18)(H,19,20). The number of rotatable bonds is 6. The van der Waals surface area contributed by atoms with E-state index in [0.29, 0.717) is 18.5 Å². The number of anilines is 1. The number of carbonyl (C=O) groups is 2. The number of carboxylic acid groups (broad SMARTS) is 1. The van der Waals surface area contributed by atoms with E-state index in [0.717, 1.165) is 0 Å². The summed E-state index contributed by atoms with van der Waals surface area (Å²) in [6.45, 7) is 0. The van der Waals surface area contributed by atoms with Crippen molar-refractivity contribution < 1.29 is 14.7 Å². The van der Waals surface area contributed by atoms with Gasteiger partial charge in [-0.2, -0.15) is 10.5 Å². The molecule has 0 aromatic heterocycles. The van der Waals surface area contributed by atoms with Crippen LogP contribution >= 0.6 is 0 Å². The van der Waals surface area contributed by atoms with Crippen molar-refractivity contribution >= 4 is 17.6 Å². The average molecular weight is 271 g/mol. The lowest BCUT2D eigenvalue weighted by molar-refractivity contribution is -0.137. The van der Waals surface area contributed by atoms with Crippen LogP contribution in [0.15, 0.2) is 18.2 Å². The van der Waals surface area contributed by atoms with Crippen molar-refractivity contribution in [2.75, 3.05) is 5.32 Å². The molecule has 0 unspecified atom stereocenters. The fraction of sp³-hybridized carbons (Fsp3) is 0.286. The van der Waals surface area contributed by atoms with Gasteiger partial charge in [0.25, 0.3) is 0 Å². The van der Waals surface area contributed by atoms with Gasteiger partial charge in [-0.05, 0) is 31.0 Å². The lowest BCUT2D eigenvalue weighted by Crippen LogP contribution is -2.11. The Labute approximate surface area is 116 Å². The molecule has 0 aliphatic carbocycles. The fourth-order valence-corrected chi connectivity index (χ4v) is 1.60. The Kier molecular flexibility index (Phi) is 5.74. The first-order valence-corrected chi connectivity index (χ1v) is 6.02. The van der Waals surface area contributed by atoms with Gasteiger partial charge in [-0.1, -0.05) is 0 Å². The number of benzene rings is 1. The number of carbonyl (C=O) groups excluding carboxylic acids is 1. The van der Waals surface area contributed by atoms with E-state index in [1.165, 1.54) is 12.1 Å². The highest BCUT2D eigenvalue weighted by Crippen LogP contribution is 2.15. The minimum absolute atomic E-state index is 0.0444. The Morgan fingerprint density at radius 1 is 1.10 bits per heavy atom. The van der Waals surface area contributed by atoms with Crippen LogP contribution in [0.25, 0.3) is 0 Å². The highest BCUT2D eigenvalue weighted by atomic mass is 16.4. The second-order valence-corrected chi connectivity index (χ2v) is 4.13. The van der Waals surface area contributed by atoms with Gasteiger partial charge in [0.15, 0.2) is 0 Å². The van der Waals surface area contributed by atoms with Crippen molar-refractivity contribution in [3.8, 4) is 12.1 Å². The molecule has 6 nitrogen and oxygen atoms in total. The summed E-state index contributed by atoms with van der Waals surface area (Å²) in [6.07, 6.45) is 1.19. The third kappa shape index (κ3) is 4.79. The van der Waals surface area contributed by atoms with Gasteiger partial charge in [0, 0.05) is 18.5 Å². The lowest BCUT2D eigenvalue weighted by Gasteiger charge is -2.05. The molecule has 1 amide bonds. The molecule has 6 heteroatoms. The van der Waals surface area contributed by atoms with Crippen LogP contribution in [0.3, 0.4) is 0 Å². The Hall–Kier alpha value is -2.86. The Balaban J connectivity index is 2.53. The van der Waals surface area contributed by atoms with Crippen LogP contribution in [0.5, 0.6) is 0 Å². The number of hydrogen-bond acceptors (Lipinski definition) is 4. The largest absolute Gasteiger partial charge is 0.481 e.